The van der Waals surface area contributed by atoms with Gasteiger partial charge in [-0.15, -0.1) is 0 Å². The molecule has 2 amide bonds. The summed E-state index contributed by atoms with van der Waals surface area (Å²) in [4.78, 5) is 57.1. The number of para-hydroxylation sites is 1. The highest BCUT2D eigenvalue weighted by molar-refractivity contribution is 6.23. The lowest BCUT2D eigenvalue weighted by Gasteiger charge is -2.30. The lowest BCUT2D eigenvalue weighted by molar-refractivity contribution is -0.123. The smallest absolute Gasteiger partial charge is 0.337 e. The molecule has 34 heavy (non-hydrogen) atoms. The standard InChI is InChI=1S/C25H23N3O6/c1-33-24(31)14-9-15(25(32)34-2)11-16(10-14)28-22(29)12-21(23(28)30)27-8-7-18-17-5-3-4-6-19(17)26-20(18)13-27/h3-6,9-11,21,26H,7-8,12-13H2,1-2H3/t21-/m0/s1. The van der Waals surface area contributed by atoms with Crippen LogP contribution in [0.1, 0.15) is 38.4 Å². The molecule has 1 aromatic heterocycles. The first-order valence-electron chi connectivity index (χ1n) is 10.9. The number of ether oxygens (including phenoxy) is 2. The molecular formula is C25H23N3O6. The van der Waals surface area contributed by atoms with Gasteiger partial charge in [-0.2, -0.15) is 0 Å². The highest BCUT2D eigenvalue weighted by atomic mass is 16.5. The third-order valence-electron chi connectivity index (χ3n) is 6.49. The van der Waals surface area contributed by atoms with E-state index in [1.807, 2.05) is 23.1 Å². The number of benzene rings is 2. The van der Waals surface area contributed by atoms with Crippen LogP contribution >= 0.6 is 0 Å². The van der Waals surface area contributed by atoms with E-state index < -0.39 is 23.9 Å². The van der Waals surface area contributed by atoms with Crippen molar-refractivity contribution in [2.24, 2.45) is 0 Å². The number of carbonyl (C=O) groups excluding carboxylic acids is 4. The maximum atomic E-state index is 13.4. The van der Waals surface area contributed by atoms with Crippen molar-refractivity contribution in [1.29, 1.82) is 0 Å². The van der Waals surface area contributed by atoms with E-state index in [0.717, 1.165) is 22.5 Å². The Labute approximate surface area is 195 Å². The molecule has 1 atom stereocenters. The fourth-order valence-corrected chi connectivity index (χ4v) is 4.86. The average molecular weight is 461 g/mol. The maximum Gasteiger partial charge on any atom is 0.337 e. The number of hydrogen-bond donors (Lipinski definition) is 1. The number of carbonyl (C=O) groups is 4. The minimum Gasteiger partial charge on any atom is -0.465 e. The number of amides is 2. The Morgan fingerprint density at radius 2 is 1.68 bits per heavy atom. The zero-order valence-electron chi connectivity index (χ0n) is 18.8. The minimum absolute atomic E-state index is 0.0183. The number of esters is 2. The Balaban J connectivity index is 1.45. The van der Waals surface area contributed by atoms with Crippen LogP contribution in [0.25, 0.3) is 10.9 Å². The Hall–Kier alpha value is -3.98. The molecule has 9 heteroatoms. The highest BCUT2D eigenvalue weighted by Crippen LogP contribution is 2.33. The van der Waals surface area contributed by atoms with Gasteiger partial charge in [0, 0.05) is 29.7 Å². The predicted molar refractivity (Wildman–Crippen MR) is 122 cm³/mol. The zero-order chi connectivity index (χ0) is 24.0. The summed E-state index contributed by atoms with van der Waals surface area (Å²) in [5.74, 6) is -2.16. The maximum absolute atomic E-state index is 13.4. The molecule has 9 nitrogen and oxygen atoms in total. The summed E-state index contributed by atoms with van der Waals surface area (Å²) in [6.45, 7) is 1.17. The van der Waals surface area contributed by atoms with E-state index in [1.54, 1.807) is 0 Å². The number of aromatic amines is 1. The second-order valence-electron chi connectivity index (χ2n) is 8.39. The number of anilines is 1. The van der Waals surface area contributed by atoms with E-state index >= 15 is 0 Å². The van der Waals surface area contributed by atoms with Gasteiger partial charge in [0.05, 0.1) is 43.5 Å². The molecule has 3 aromatic rings. The molecule has 174 valence electrons. The fourth-order valence-electron chi connectivity index (χ4n) is 4.86. The SMILES string of the molecule is COC(=O)c1cc(C(=O)OC)cc(N2C(=O)C[C@H](N3CCc4c([nH]c5ccccc45)C3)C2=O)c1. The first-order valence-corrected chi connectivity index (χ1v) is 10.9. The molecule has 2 aliphatic rings. The molecule has 3 heterocycles. The monoisotopic (exact) mass is 461 g/mol. The van der Waals surface area contributed by atoms with Gasteiger partial charge in [-0.05, 0) is 36.2 Å². The summed E-state index contributed by atoms with van der Waals surface area (Å²) in [5.41, 5.74) is 3.58. The molecule has 1 saturated heterocycles. The average Bonchev–Trinajstić information content (AvgIpc) is 3.38. The van der Waals surface area contributed by atoms with Crippen molar-refractivity contribution in [2.45, 2.75) is 25.4 Å². The van der Waals surface area contributed by atoms with Crippen LogP contribution in [0.5, 0.6) is 0 Å². The van der Waals surface area contributed by atoms with Gasteiger partial charge in [-0.1, -0.05) is 18.2 Å². The van der Waals surface area contributed by atoms with E-state index in [1.165, 1.54) is 43.4 Å². The van der Waals surface area contributed by atoms with Crippen LogP contribution < -0.4 is 4.90 Å². The van der Waals surface area contributed by atoms with Gasteiger partial charge in [-0.3, -0.25) is 14.5 Å². The lowest BCUT2D eigenvalue weighted by Crippen LogP contribution is -2.44. The van der Waals surface area contributed by atoms with Crippen molar-refractivity contribution in [1.82, 2.24) is 9.88 Å². The van der Waals surface area contributed by atoms with Crippen molar-refractivity contribution in [3.63, 3.8) is 0 Å². The number of aromatic nitrogens is 1. The van der Waals surface area contributed by atoms with E-state index in [-0.39, 0.29) is 29.1 Å². The number of rotatable bonds is 4. The first-order chi connectivity index (χ1) is 16.4. The van der Waals surface area contributed by atoms with Gasteiger partial charge in [0.25, 0.3) is 5.91 Å². The lowest BCUT2D eigenvalue weighted by atomic mass is 10.0. The molecule has 0 bridgehead atoms. The van der Waals surface area contributed by atoms with E-state index in [0.29, 0.717) is 13.1 Å². The van der Waals surface area contributed by atoms with Crippen LogP contribution in [-0.2, 0) is 32.0 Å². The largest absolute Gasteiger partial charge is 0.465 e. The number of nitrogens with zero attached hydrogens (tertiary/aromatic N) is 2. The Bertz CT molecular complexity index is 1310. The van der Waals surface area contributed by atoms with Crippen molar-refractivity contribution >= 4 is 40.3 Å². The van der Waals surface area contributed by atoms with Gasteiger partial charge in [-0.25, -0.2) is 14.5 Å². The molecule has 0 aliphatic carbocycles. The van der Waals surface area contributed by atoms with Crippen molar-refractivity contribution in [3.8, 4) is 0 Å². The van der Waals surface area contributed by atoms with Gasteiger partial charge in [0.1, 0.15) is 0 Å². The van der Waals surface area contributed by atoms with Crippen LogP contribution in [0.2, 0.25) is 0 Å². The molecule has 0 saturated carbocycles. The van der Waals surface area contributed by atoms with Crippen molar-refractivity contribution in [2.75, 3.05) is 25.7 Å². The third kappa shape index (κ3) is 3.54. The molecule has 2 aliphatic heterocycles. The Morgan fingerprint density at radius 3 is 2.35 bits per heavy atom. The highest BCUT2D eigenvalue weighted by Gasteiger charge is 2.44. The van der Waals surface area contributed by atoms with Crippen molar-refractivity contribution in [3.05, 3.63) is 64.8 Å². The zero-order valence-corrected chi connectivity index (χ0v) is 18.8. The summed E-state index contributed by atoms with van der Waals surface area (Å²) < 4.78 is 9.52. The van der Waals surface area contributed by atoms with Crippen LogP contribution in [0.4, 0.5) is 5.69 Å². The molecular weight excluding hydrogens is 438 g/mol. The summed E-state index contributed by atoms with van der Waals surface area (Å²) in [7, 11) is 2.42. The van der Waals surface area contributed by atoms with E-state index in [9.17, 15) is 19.2 Å². The number of fused-ring (bicyclic) bond motifs is 3. The number of methoxy groups -OCH3 is 2. The van der Waals surface area contributed by atoms with Crippen LogP contribution in [-0.4, -0.2) is 60.4 Å². The molecule has 1 fully saturated rings. The van der Waals surface area contributed by atoms with Gasteiger partial charge < -0.3 is 14.5 Å². The summed E-state index contributed by atoms with van der Waals surface area (Å²) in [6, 6.07) is 11.5. The van der Waals surface area contributed by atoms with Gasteiger partial charge >= 0.3 is 11.9 Å². The molecule has 0 radical (unpaired) electrons. The Morgan fingerprint density at radius 1 is 1.00 bits per heavy atom. The molecule has 2 aromatic carbocycles. The Kier molecular flexibility index (Phi) is 5.41. The molecule has 0 spiro atoms. The third-order valence-corrected chi connectivity index (χ3v) is 6.49. The second kappa shape index (κ2) is 8.42. The number of imide groups is 1. The van der Waals surface area contributed by atoms with E-state index in [4.69, 9.17) is 9.47 Å². The quantitative estimate of drug-likeness (QED) is 0.470. The number of hydrogen-bond acceptors (Lipinski definition) is 7. The van der Waals surface area contributed by atoms with E-state index in [2.05, 4.69) is 11.1 Å². The number of H-pyrrole nitrogens is 1. The normalized spacial score (nSPS) is 18.3. The van der Waals surface area contributed by atoms with Crippen LogP contribution in [0.15, 0.2) is 42.5 Å². The van der Waals surface area contributed by atoms with Crippen molar-refractivity contribution < 1.29 is 28.7 Å². The summed E-state index contributed by atoms with van der Waals surface area (Å²) in [6.07, 6.45) is 0.784. The summed E-state index contributed by atoms with van der Waals surface area (Å²) >= 11 is 0. The predicted octanol–water partition coefficient (Wildman–Crippen LogP) is 2.43. The second-order valence-corrected chi connectivity index (χ2v) is 8.39. The minimum atomic E-state index is -0.690. The topological polar surface area (TPSA) is 109 Å². The van der Waals surface area contributed by atoms with Crippen LogP contribution in [0, 0.1) is 0 Å². The summed E-state index contributed by atoms with van der Waals surface area (Å²) in [5, 5.41) is 1.18. The number of nitrogens with one attached hydrogen (secondary N) is 1. The molecule has 5 rings (SSSR count). The van der Waals surface area contributed by atoms with Crippen LogP contribution in [0.3, 0.4) is 0 Å². The van der Waals surface area contributed by atoms with Gasteiger partial charge in [0.2, 0.25) is 5.91 Å². The first kappa shape index (κ1) is 21.8. The molecule has 0 unspecified atom stereocenters. The van der Waals surface area contributed by atoms with Gasteiger partial charge in [0.15, 0.2) is 0 Å². The molecule has 1 N–H and O–H groups in total. The fraction of sp³-hybridized carbons (Fsp3) is 0.280.